The lowest BCUT2D eigenvalue weighted by Gasteiger charge is -2.27. The van der Waals surface area contributed by atoms with Crippen LogP contribution in [0.5, 0.6) is 0 Å². The highest BCUT2D eigenvalue weighted by Gasteiger charge is 2.15. The zero-order chi connectivity index (χ0) is 10.5. The van der Waals surface area contributed by atoms with Crippen LogP contribution in [-0.4, -0.2) is 37.8 Å². The second-order valence-corrected chi connectivity index (χ2v) is 3.75. The van der Waals surface area contributed by atoms with Gasteiger partial charge in [0.15, 0.2) is 0 Å². The molecule has 74 valence electrons. The number of carbonyl (C=O) groups excluding carboxylic acids is 1. The molecule has 0 aliphatic rings. The Morgan fingerprint density at radius 2 is 2.08 bits per heavy atom. The highest BCUT2D eigenvalue weighted by Crippen LogP contribution is 2.00. The Morgan fingerprint density at radius 3 is 2.46 bits per heavy atom. The molecule has 3 nitrogen and oxygen atoms in total. The van der Waals surface area contributed by atoms with Gasteiger partial charge < -0.3 is 4.74 Å². The number of quaternary nitrogens is 1. The van der Waals surface area contributed by atoms with E-state index >= 15 is 0 Å². The molecule has 0 aromatic carbocycles. The fourth-order valence-electron chi connectivity index (χ4n) is 0.759. The Kier molecular flexibility index (Phi) is 4.42. The molecule has 0 saturated heterocycles. The first-order valence-electron chi connectivity index (χ1n) is 4.14. The van der Waals surface area contributed by atoms with Crippen LogP contribution < -0.4 is 0 Å². The molecule has 0 aliphatic heterocycles. The smallest absolute Gasteiger partial charge is 0.337 e. The van der Waals surface area contributed by atoms with Crippen LogP contribution in [0.2, 0.25) is 0 Å². The molecule has 0 radical (unpaired) electrons. The van der Waals surface area contributed by atoms with Gasteiger partial charge in [0.05, 0.1) is 20.6 Å². The molecule has 13 heavy (non-hydrogen) atoms. The van der Waals surface area contributed by atoms with Crippen molar-refractivity contribution in [3.8, 4) is 0 Å². The first kappa shape index (κ1) is 11.9. The summed E-state index contributed by atoms with van der Waals surface area (Å²) < 4.78 is 5.59. The van der Waals surface area contributed by atoms with E-state index in [1.54, 1.807) is 13.0 Å². The molecule has 0 saturated carbocycles. The standard InChI is InChI=1S/C10H18NO2/c1-6-7-11(4,5)8-13-10(12)9(2)3/h6H,1-2,7-8H2,3-5H3/q+1. The van der Waals surface area contributed by atoms with Crippen molar-refractivity contribution in [2.45, 2.75) is 6.92 Å². The highest BCUT2D eigenvalue weighted by molar-refractivity contribution is 5.86. The van der Waals surface area contributed by atoms with Gasteiger partial charge in [-0.3, -0.25) is 4.48 Å². The van der Waals surface area contributed by atoms with E-state index in [0.717, 1.165) is 6.54 Å². The van der Waals surface area contributed by atoms with Gasteiger partial charge in [0.2, 0.25) is 6.73 Å². The molecule has 0 heterocycles. The van der Waals surface area contributed by atoms with Gasteiger partial charge in [-0.15, -0.1) is 0 Å². The van der Waals surface area contributed by atoms with E-state index in [4.69, 9.17) is 4.74 Å². The third kappa shape index (κ3) is 5.20. The molecule has 0 amide bonds. The van der Waals surface area contributed by atoms with Crippen molar-refractivity contribution in [3.05, 3.63) is 24.8 Å². The van der Waals surface area contributed by atoms with Crippen molar-refractivity contribution >= 4 is 5.97 Å². The minimum Gasteiger partial charge on any atom is -0.412 e. The maximum atomic E-state index is 11.0. The molecule has 0 unspecified atom stereocenters. The lowest BCUT2D eigenvalue weighted by molar-refractivity contribution is -0.901. The van der Waals surface area contributed by atoms with Crippen molar-refractivity contribution in [3.63, 3.8) is 0 Å². The number of hydrogen-bond donors (Lipinski definition) is 0. The Balaban J connectivity index is 3.93. The van der Waals surface area contributed by atoms with Crippen LogP contribution in [0.25, 0.3) is 0 Å². The van der Waals surface area contributed by atoms with Crippen LogP contribution in [0.4, 0.5) is 0 Å². The maximum Gasteiger partial charge on any atom is 0.337 e. The largest absolute Gasteiger partial charge is 0.412 e. The van der Waals surface area contributed by atoms with Crippen LogP contribution in [-0.2, 0) is 9.53 Å². The fourth-order valence-corrected chi connectivity index (χ4v) is 0.759. The summed E-state index contributed by atoms with van der Waals surface area (Å²) in [6.07, 6.45) is 1.80. The van der Waals surface area contributed by atoms with Crippen LogP contribution in [0.15, 0.2) is 24.8 Å². The molecule has 3 heteroatoms. The third-order valence-electron chi connectivity index (χ3n) is 1.52. The zero-order valence-corrected chi connectivity index (χ0v) is 8.67. The molecular weight excluding hydrogens is 166 g/mol. The van der Waals surface area contributed by atoms with Crippen molar-refractivity contribution in [2.24, 2.45) is 0 Å². The zero-order valence-electron chi connectivity index (χ0n) is 8.67. The predicted molar refractivity (Wildman–Crippen MR) is 52.9 cm³/mol. The first-order valence-corrected chi connectivity index (χ1v) is 4.14. The Labute approximate surface area is 79.9 Å². The van der Waals surface area contributed by atoms with E-state index in [1.165, 1.54) is 0 Å². The van der Waals surface area contributed by atoms with Gasteiger partial charge in [-0.1, -0.05) is 13.2 Å². The third-order valence-corrected chi connectivity index (χ3v) is 1.52. The van der Waals surface area contributed by atoms with Crippen LogP contribution in [0, 0.1) is 0 Å². The van der Waals surface area contributed by atoms with E-state index in [0.29, 0.717) is 16.8 Å². The number of nitrogens with zero attached hydrogens (tertiary/aromatic N) is 1. The fraction of sp³-hybridized carbons (Fsp3) is 0.500. The summed E-state index contributed by atoms with van der Waals surface area (Å²) in [5.74, 6) is -0.338. The minimum atomic E-state index is -0.338. The molecule has 0 N–H and O–H groups in total. The predicted octanol–water partition coefficient (Wildman–Crippen LogP) is 1.33. The van der Waals surface area contributed by atoms with Gasteiger partial charge in [-0.05, 0) is 13.0 Å². The van der Waals surface area contributed by atoms with Gasteiger partial charge in [-0.2, -0.15) is 0 Å². The molecular formula is C10H18NO2+. The van der Waals surface area contributed by atoms with Crippen LogP contribution >= 0.6 is 0 Å². The van der Waals surface area contributed by atoms with Crippen LogP contribution in [0.3, 0.4) is 0 Å². The average molecular weight is 184 g/mol. The summed E-state index contributed by atoms with van der Waals surface area (Å²) in [5, 5.41) is 0. The molecule has 0 bridgehead atoms. The molecule has 0 rings (SSSR count). The summed E-state index contributed by atoms with van der Waals surface area (Å²) in [7, 11) is 3.93. The molecule has 0 fully saturated rings. The maximum absolute atomic E-state index is 11.0. The van der Waals surface area contributed by atoms with Crippen LogP contribution in [0.1, 0.15) is 6.92 Å². The molecule has 0 aliphatic carbocycles. The normalized spacial score (nSPS) is 10.7. The number of ether oxygens (including phenoxy) is 1. The van der Waals surface area contributed by atoms with Gasteiger partial charge in [0, 0.05) is 5.57 Å². The summed E-state index contributed by atoms with van der Waals surface area (Å²) in [5.41, 5.74) is 0.429. The minimum absolute atomic E-state index is 0.338. The number of hydrogen-bond acceptors (Lipinski definition) is 2. The van der Waals surface area contributed by atoms with Crippen molar-refractivity contribution in [1.82, 2.24) is 0 Å². The number of carbonyl (C=O) groups is 1. The van der Waals surface area contributed by atoms with E-state index in [2.05, 4.69) is 13.2 Å². The van der Waals surface area contributed by atoms with Crippen molar-refractivity contribution in [1.29, 1.82) is 0 Å². The van der Waals surface area contributed by atoms with Gasteiger partial charge in [0.25, 0.3) is 0 Å². The van der Waals surface area contributed by atoms with Gasteiger partial charge in [-0.25, -0.2) is 4.79 Å². The summed E-state index contributed by atoms with van der Waals surface area (Å²) in [4.78, 5) is 11.0. The van der Waals surface area contributed by atoms with E-state index < -0.39 is 0 Å². The Hall–Kier alpha value is -1.09. The van der Waals surface area contributed by atoms with E-state index in [9.17, 15) is 4.79 Å². The van der Waals surface area contributed by atoms with Crippen molar-refractivity contribution in [2.75, 3.05) is 27.4 Å². The molecule has 0 aromatic rings. The monoisotopic (exact) mass is 184 g/mol. The Bertz CT molecular complexity index is 219. The molecule has 0 aromatic heterocycles. The topological polar surface area (TPSA) is 26.3 Å². The molecule has 0 atom stereocenters. The summed E-state index contributed by atoms with van der Waals surface area (Å²) in [6, 6.07) is 0. The first-order chi connectivity index (χ1) is 5.89. The summed E-state index contributed by atoms with van der Waals surface area (Å²) >= 11 is 0. The Morgan fingerprint density at radius 1 is 1.54 bits per heavy atom. The second-order valence-electron chi connectivity index (χ2n) is 3.75. The van der Waals surface area contributed by atoms with Crippen molar-refractivity contribution < 1.29 is 14.0 Å². The van der Waals surface area contributed by atoms with Gasteiger partial charge in [0.1, 0.15) is 0 Å². The second kappa shape index (κ2) is 4.82. The lowest BCUT2D eigenvalue weighted by Crippen LogP contribution is -2.42. The lowest BCUT2D eigenvalue weighted by atomic mass is 10.4. The number of esters is 1. The van der Waals surface area contributed by atoms with E-state index in [1.807, 2.05) is 14.1 Å². The number of likely N-dealkylation sites (N-methyl/N-ethyl adjacent to an activating group) is 1. The number of rotatable bonds is 5. The molecule has 0 spiro atoms. The highest BCUT2D eigenvalue weighted by atomic mass is 16.5. The average Bonchev–Trinajstić information content (AvgIpc) is 2.00. The summed E-state index contributed by atoms with van der Waals surface area (Å²) in [6.45, 7) is 9.88. The quantitative estimate of drug-likeness (QED) is 0.212. The van der Waals surface area contributed by atoms with Gasteiger partial charge >= 0.3 is 5.97 Å². The SMILES string of the molecule is C=CC[N+](C)(C)COC(=O)C(=C)C. The van der Waals surface area contributed by atoms with E-state index in [-0.39, 0.29) is 5.97 Å².